The molecule has 0 amide bonds. The lowest BCUT2D eigenvalue weighted by Crippen LogP contribution is -2.39. The van der Waals surface area contributed by atoms with Gasteiger partial charge in [-0.3, -0.25) is 4.99 Å². The second kappa shape index (κ2) is 7.03. The molecule has 4 nitrogen and oxygen atoms in total. The predicted molar refractivity (Wildman–Crippen MR) is 93.5 cm³/mol. The average Bonchev–Trinajstić information content (AvgIpc) is 3.22. The van der Waals surface area contributed by atoms with Crippen LogP contribution in [-0.2, 0) is 0 Å². The van der Waals surface area contributed by atoms with E-state index in [-0.39, 0.29) is 6.04 Å². The number of hydrogen-bond acceptors (Lipinski definition) is 2. The maximum Gasteiger partial charge on any atom is 0.191 e. The molecule has 0 radical (unpaired) electrons. The number of anilines is 1. The summed E-state index contributed by atoms with van der Waals surface area (Å²) in [6, 6.07) is 9.17. The Kier molecular flexibility index (Phi) is 4.86. The summed E-state index contributed by atoms with van der Waals surface area (Å²) in [6.07, 6.45) is 5.35. The first-order valence-corrected chi connectivity index (χ1v) is 8.58. The molecule has 2 aliphatic rings. The standard InChI is InChI=1S/C18H28N4/c1-14(21-18(19-2)20-13-15-8-9-15)16-6-5-7-17(12-16)22-10-3-4-11-22/h5-7,12,14-15H,3-4,8-11,13H2,1-2H3,(H2,19,20,21). The second-order valence-corrected chi connectivity index (χ2v) is 6.55. The first kappa shape index (κ1) is 15.2. The Morgan fingerprint density at radius 1 is 1.32 bits per heavy atom. The summed E-state index contributed by atoms with van der Waals surface area (Å²) in [6.45, 7) is 5.62. The first-order chi connectivity index (χ1) is 10.8. The normalized spacial score (nSPS) is 20.1. The highest BCUT2D eigenvalue weighted by atomic mass is 15.2. The topological polar surface area (TPSA) is 39.7 Å². The summed E-state index contributed by atoms with van der Waals surface area (Å²) in [5.74, 6) is 1.76. The van der Waals surface area contributed by atoms with Crippen LogP contribution in [0.3, 0.4) is 0 Å². The van der Waals surface area contributed by atoms with Crippen LogP contribution in [0.2, 0.25) is 0 Å². The smallest absolute Gasteiger partial charge is 0.191 e. The monoisotopic (exact) mass is 300 g/mol. The van der Waals surface area contributed by atoms with Crippen LogP contribution in [0, 0.1) is 5.92 Å². The molecule has 2 fully saturated rings. The van der Waals surface area contributed by atoms with Crippen molar-refractivity contribution in [2.24, 2.45) is 10.9 Å². The third kappa shape index (κ3) is 3.93. The van der Waals surface area contributed by atoms with Gasteiger partial charge in [0.05, 0.1) is 6.04 Å². The van der Waals surface area contributed by atoms with Crippen molar-refractivity contribution in [2.45, 2.75) is 38.6 Å². The molecule has 0 spiro atoms. The van der Waals surface area contributed by atoms with Crippen molar-refractivity contribution in [2.75, 3.05) is 31.6 Å². The largest absolute Gasteiger partial charge is 0.372 e. The van der Waals surface area contributed by atoms with Crippen LogP contribution in [0.5, 0.6) is 0 Å². The van der Waals surface area contributed by atoms with Gasteiger partial charge in [0.1, 0.15) is 0 Å². The molecule has 1 aromatic rings. The minimum absolute atomic E-state index is 0.257. The van der Waals surface area contributed by atoms with Gasteiger partial charge in [-0.25, -0.2) is 0 Å². The van der Waals surface area contributed by atoms with E-state index in [0.717, 1.165) is 18.4 Å². The van der Waals surface area contributed by atoms with Crippen LogP contribution < -0.4 is 15.5 Å². The molecule has 1 atom stereocenters. The van der Waals surface area contributed by atoms with Crippen LogP contribution in [0.1, 0.15) is 44.2 Å². The van der Waals surface area contributed by atoms with E-state index in [1.165, 1.54) is 50.0 Å². The fourth-order valence-corrected chi connectivity index (χ4v) is 3.01. The zero-order valence-corrected chi connectivity index (χ0v) is 13.8. The molecule has 1 aliphatic heterocycles. The maximum absolute atomic E-state index is 4.34. The molecule has 1 heterocycles. The quantitative estimate of drug-likeness (QED) is 0.649. The molecular formula is C18H28N4. The Morgan fingerprint density at radius 3 is 2.77 bits per heavy atom. The molecule has 3 rings (SSSR count). The number of rotatable bonds is 5. The predicted octanol–water partition coefficient (Wildman–Crippen LogP) is 2.92. The van der Waals surface area contributed by atoms with E-state index in [1.807, 2.05) is 7.05 Å². The maximum atomic E-state index is 4.34. The van der Waals surface area contributed by atoms with Crippen LogP contribution in [0.15, 0.2) is 29.3 Å². The molecule has 1 unspecified atom stereocenters. The lowest BCUT2D eigenvalue weighted by atomic mass is 10.1. The molecule has 1 aromatic carbocycles. The van der Waals surface area contributed by atoms with Gasteiger partial charge in [0.15, 0.2) is 5.96 Å². The number of aliphatic imine (C=N–C) groups is 1. The molecule has 4 heteroatoms. The van der Waals surface area contributed by atoms with E-state index in [9.17, 15) is 0 Å². The highest BCUT2D eigenvalue weighted by Crippen LogP contribution is 2.27. The number of nitrogens with zero attached hydrogens (tertiary/aromatic N) is 2. The SMILES string of the molecule is CN=C(NCC1CC1)NC(C)c1cccc(N2CCCC2)c1. The number of benzene rings is 1. The minimum Gasteiger partial charge on any atom is -0.372 e. The van der Waals surface area contributed by atoms with Crippen molar-refractivity contribution in [1.82, 2.24) is 10.6 Å². The third-order valence-electron chi connectivity index (χ3n) is 4.67. The van der Waals surface area contributed by atoms with E-state index >= 15 is 0 Å². The summed E-state index contributed by atoms with van der Waals surface area (Å²) in [4.78, 5) is 6.82. The summed E-state index contributed by atoms with van der Waals surface area (Å²) in [5, 5.41) is 6.93. The minimum atomic E-state index is 0.257. The molecule has 0 aromatic heterocycles. The average molecular weight is 300 g/mol. The lowest BCUT2D eigenvalue weighted by Gasteiger charge is -2.22. The van der Waals surface area contributed by atoms with Crippen LogP contribution in [-0.4, -0.2) is 32.6 Å². The fourth-order valence-electron chi connectivity index (χ4n) is 3.01. The van der Waals surface area contributed by atoms with Crippen LogP contribution >= 0.6 is 0 Å². The summed E-state index contributed by atoms with van der Waals surface area (Å²) < 4.78 is 0. The third-order valence-corrected chi connectivity index (χ3v) is 4.67. The number of guanidine groups is 1. The van der Waals surface area contributed by atoms with Gasteiger partial charge in [0, 0.05) is 32.4 Å². The van der Waals surface area contributed by atoms with Crippen molar-refractivity contribution in [3.63, 3.8) is 0 Å². The van der Waals surface area contributed by atoms with E-state index < -0.39 is 0 Å². The molecule has 2 N–H and O–H groups in total. The zero-order chi connectivity index (χ0) is 15.4. The van der Waals surface area contributed by atoms with Gasteiger partial charge in [-0.1, -0.05) is 12.1 Å². The first-order valence-electron chi connectivity index (χ1n) is 8.58. The van der Waals surface area contributed by atoms with Gasteiger partial charge < -0.3 is 15.5 Å². The van der Waals surface area contributed by atoms with E-state index in [0.29, 0.717) is 0 Å². The zero-order valence-electron chi connectivity index (χ0n) is 13.8. The Labute approximate surface area is 134 Å². The lowest BCUT2D eigenvalue weighted by molar-refractivity contribution is 0.670. The van der Waals surface area contributed by atoms with Crippen LogP contribution in [0.4, 0.5) is 5.69 Å². The molecule has 1 saturated carbocycles. The summed E-state index contributed by atoms with van der Waals surface area (Å²) >= 11 is 0. The van der Waals surface area contributed by atoms with E-state index in [4.69, 9.17) is 0 Å². The highest BCUT2D eigenvalue weighted by Gasteiger charge is 2.21. The van der Waals surface area contributed by atoms with Crippen molar-refractivity contribution in [1.29, 1.82) is 0 Å². The Morgan fingerprint density at radius 2 is 2.09 bits per heavy atom. The van der Waals surface area contributed by atoms with Crippen molar-refractivity contribution >= 4 is 11.6 Å². The van der Waals surface area contributed by atoms with Gasteiger partial charge in [0.2, 0.25) is 0 Å². The van der Waals surface area contributed by atoms with E-state index in [2.05, 4.69) is 51.7 Å². The second-order valence-electron chi connectivity index (χ2n) is 6.55. The van der Waals surface area contributed by atoms with Gasteiger partial charge in [0.25, 0.3) is 0 Å². The highest BCUT2D eigenvalue weighted by molar-refractivity contribution is 5.80. The summed E-state index contributed by atoms with van der Waals surface area (Å²) in [5.41, 5.74) is 2.67. The Balaban J connectivity index is 1.60. The molecule has 0 bridgehead atoms. The molecule has 1 aliphatic carbocycles. The summed E-state index contributed by atoms with van der Waals surface area (Å²) in [7, 11) is 1.84. The molecule has 1 saturated heterocycles. The number of hydrogen-bond donors (Lipinski definition) is 2. The van der Waals surface area contributed by atoms with Crippen molar-refractivity contribution in [3.8, 4) is 0 Å². The van der Waals surface area contributed by atoms with Gasteiger partial charge in [-0.2, -0.15) is 0 Å². The van der Waals surface area contributed by atoms with Gasteiger partial charge >= 0.3 is 0 Å². The fraction of sp³-hybridized carbons (Fsp3) is 0.611. The Hall–Kier alpha value is -1.71. The molecular weight excluding hydrogens is 272 g/mol. The van der Waals surface area contributed by atoms with Crippen LogP contribution in [0.25, 0.3) is 0 Å². The molecule has 120 valence electrons. The van der Waals surface area contributed by atoms with Gasteiger partial charge in [-0.05, 0) is 56.2 Å². The van der Waals surface area contributed by atoms with Crippen molar-refractivity contribution < 1.29 is 0 Å². The van der Waals surface area contributed by atoms with Gasteiger partial charge in [-0.15, -0.1) is 0 Å². The number of nitrogens with one attached hydrogen (secondary N) is 2. The Bertz CT molecular complexity index is 516. The van der Waals surface area contributed by atoms with Crippen molar-refractivity contribution in [3.05, 3.63) is 29.8 Å². The van der Waals surface area contributed by atoms with E-state index in [1.54, 1.807) is 0 Å². The molecule has 22 heavy (non-hydrogen) atoms.